The van der Waals surface area contributed by atoms with Crippen molar-refractivity contribution < 1.29 is 5.11 Å². The van der Waals surface area contributed by atoms with Gasteiger partial charge in [-0.2, -0.15) is 0 Å². The lowest BCUT2D eigenvalue weighted by Crippen LogP contribution is -2.13. The maximum Gasteiger partial charge on any atom is 0.229 e. The fraction of sp³-hybridized carbons (Fsp3) is 0.333. The van der Waals surface area contributed by atoms with Gasteiger partial charge in [0, 0.05) is 5.75 Å². The number of benzene rings is 1. The van der Waals surface area contributed by atoms with Gasteiger partial charge >= 0.3 is 0 Å². The van der Waals surface area contributed by atoms with Gasteiger partial charge in [0.15, 0.2) is 0 Å². The minimum Gasteiger partial charge on any atom is -0.393 e. The van der Waals surface area contributed by atoms with Gasteiger partial charge in [0.25, 0.3) is 0 Å². The van der Waals surface area contributed by atoms with Crippen molar-refractivity contribution in [3.05, 3.63) is 30.3 Å². The van der Waals surface area contributed by atoms with Gasteiger partial charge in [-0.3, -0.25) is 0 Å². The quantitative estimate of drug-likeness (QED) is 0.697. The third-order valence-electron chi connectivity index (χ3n) is 1.36. The van der Waals surface area contributed by atoms with Gasteiger partial charge in [-0.25, -0.2) is 11.6 Å². The molecule has 1 unspecified atom stereocenters. The van der Waals surface area contributed by atoms with Crippen LogP contribution in [-0.2, 0) is 0 Å². The lowest BCUT2D eigenvalue weighted by Gasteiger charge is -2.02. The number of hydrogen-bond donors (Lipinski definition) is 1. The Bertz CT molecular complexity index is 213. The number of rotatable bonds is 4. The van der Waals surface area contributed by atoms with Crippen LogP contribution in [-0.4, -0.2) is 23.5 Å². The predicted molar refractivity (Wildman–Crippen MR) is 56.0 cm³/mol. The van der Waals surface area contributed by atoms with E-state index in [4.69, 9.17) is 5.11 Å². The molecule has 1 aromatic carbocycles. The third kappa shape index (κ3) is 3.84. The Morgan fingerprint density at radius 2 is 2.08 bits per heavy atom. The molecule has 0 amide bonds. The first kappa shape index (κ1) is 9.68. The summed E-state index contributed by atoms with van der Waals surface area (Å²) in [6.45, 7) is 3.86. The zero-order chi connectivity index (χ0) is 8.81. The Kier molecular flexibility index (Phi) is 4.26. The van der Waals surface area contributed by atoms with Crippen molar-refractivity contribution in [2.45, 2.75) is 13.0 Å². The van der Waals surface area contributed by atoms with Crippen molar-refractivity contribution in [3.8, 4) is 0 Å². The molecule has 1 radical (unpaired) electrons. The second-order valence-electron chi connectivity index (χ2n) is 2.71. The van der Waals surface area contributed by atoms with Crippen molar-refractivity contribution in [2.24, 2.45) is 0 Å². The summed E-state index contributed by atoms with van der Waals surface area (Å²) in [5, 5.41) is 8.99. The second kappa shape index (κ2) is 5.28. The highest BCUT2D eigenvalue weighted by Gasteiger charge is 1.97. The normalized spacial score (nSPS) is 12.5. The lowest BCUT2D eigenvalue weighted by molar-refractivity contribution is 0.221. The molecule has 1 N–H and O–H groups in total. The Labute approximate surface area is 78.3 Å². The summed E-state index contributed by atoms with van der Waals surface area (Å²) < 4.78 is 0. The third-order valence-corrected chi connectivity index (χ3v) is 2.47. The van der Waals surface area contributed by atoms with Crippen molar-refractivity contribution in [1.82, 2.24) is 0 Å². The number of aliphatic hydroxyl groups is 1. The molecule has 63 valence electrons. The van der Waals surface area contributed by atoms with Crippen LogP contribution in [0, 0.1) is 0 Å². The Morgan fingerprint density at radius 1 is 1.42 bits per heavy atom. The molecule has 3 heteroatoms. The smallest absolute Gasteiger partial charge is 0.229 e. The number of aliphatic hydroxyl groups excluding tert-OH is 1. The molecular weight excluding hydrogens is 167 g/mol. The molecule has 0 aliphatic carbocycles. The zero-order valence-electron chi connectivity index (χ0n) is 7.10. The van der Waals surface area contributed by atoms with E-state index in [0.29, 0.717) is 0 Å². The van der Waals surface area contributed by atoms with Crippen LogP contribution in [0.2, 0.25) is 0 Å². The van der Waals surface area contributed by atoms with Gasteiger partial charge < -0.3 is 5.11 Å². The average molecular weight is 179 g/mol. The highest BCUT2D eigenvalue weighted by Crippen LogP contribution is 1.99. The van der Waals surface area contributed by atoms with Crippen LogP contribution in [0.1, 0.15) is 6.92 Å². The number of hydrogen-bond acceptors (Lipinski definition) is 2. The van der Waals surface area contributed by atoms with Crippen LogP contribution < -0.4 is 5.46 Å². The maximum atomic E-state index is 8.99. The van der Waals surface area contributed by atoms with Crippen LogP contribution in [0.4, 0.5) is 0 Å². The van der Waals surface area contributed by atoms with Crippen molar-refractivity contribution in [1.29, 1.82) is 0 Å². The molecule has 1 rings (SSSR count). The maximum absolute atomic E-state index is 8.99. The van der Waals surface area contributed by atoms with E-state index in [0.717, 1.165) is 5.75 Å². The van der Waals surface area contributed by atoms with Gasteiger partial charge in [0.05, 0.1) is 6.10 Å². The van der Waals surface area contributed by atoms with Crippen LogP contribution in [0.15, 0.2) is 30.3 Å². The standard InChI is InChI=1S/C9H12BOS/c1-8(11)7-12-10-9-5-3-2-4-6-9/h2-6,8,11H,7H2,1H3. The molecule has 0 aromatic heterocycles. The fourth-order valence-electron chi connectivity index (χ4n) is 0.815. The van der Waals surface area contributed by atoms with Crippen LogP contribution in [0.25, 0.3) is 0 Å². The van der Waals surface area contributed by atoms with E-state index in [-0.39, 0.29) is 6.10 Å². The summed E-state index contributed by atoms with van der Waals surface area (Å²) in [6, 6.07) is 10.1. The highest BCUT2D eigenvalue weighted by molar-refractivity contribution is 8.23. The molecular formula is C9H12BOS. The van der Waals surface area contributed by atoms with E-state index in [1.54, 1.807) is 18.5 Å². The molecule has 0 fully saturated rings. The second-order valence-corrected chi connectivity index (χ2v) is 3.61. The average Bonchev–Trinajstić information content (AvgIpc) is 2.05. The largest absolute Gasteiger partial charge is 0.393 e. The summed E-state index contributed by atoms with van der Waals surface area (Å²) in [4.78, 5) is 0. The first-order valence-corrected chi connectivity index (χ1v) is 5.02. The van der Waals surface area contributed by atoms with Crippen LogP contribution in [0.5, 0.6) is 0 Å². The van der Waals surface area contributed by atoms with Gasteiger partial charge in [-0.1, -0.05) is 35.8 Å². The van der Waals surface area contributed by atoms with Crippen LogP contribution >= 0.6 is 11.6 Å². The van der Waals surface area contributed by atoms with E-state index < -0.39 is 0 Å². The molecule has 1 nitrogen and oxygen atoms in total. The molecule has 0 bridgehead atoms. The lowest BCUT2D eigenvalue weighted by atomic mass is 9.95. The summed E-state index contributed by atoms with van der Waals surface area (Å²) in [5.41, 5.74) is 1.20. The molecule has 0 aliphatic heterocycles. The Morgan fingerprint density at radius 3 is 2.67 bits per heavy atom. The van der Waals surface area contributed by atoms with Gasteiger partial charge in [0.2, 0.25) is 6.56 Å². The van der Waals surface area contributed by atoms with Crippen molar-refractivity contribution in [2.75, 3.05) is 5.75 Å². The summed E-state index contributed by atoms with van der Waals surface area (Å²) in [6.07, 6.45) is -0.227. The van der Waals surface area contributed by atoms with Crippen molar-refractivity contribution in [3.63, 3.8) is 0 Å². The molecule has 0 saturated carbocycles. The van der Waals surface area contributed by atoms with Crippen LogP contribution in [0.3, 0.4) is 0 Å². The summed E-state index contributed by atoms with van der Waals surface area (Å²) in [5.74, 6) is 0.759. The first-order chi connectivity index (χ1) is 5.79. The van der Waals surface area contributed by atoms with Gasteiger partial charge in [0.1, 0.15) is 0 Å². The molecule has 12 heavy (non-hydrogen) atoms. The Hall–Kier alpha value is -0.405. The first-order valence-electron chi connectivity index (χ1n) is 3.97. The highest BCUT2D eigenvalue weighted by atomic mass is 32.2. The topological polar surface area (TPSA) is 20.2 Å². The zero-order valence-corrected chi connectivity index (χ0v) is 7.92. The minimum atomic E-state index is -0.227. The van der Waals surface area contributed by atoms with E-state index in [1.807, 2.05) is 18.2 Å². The molecule has 0 spiro atoms. The molecule has 0 heterocycles. The predicted octanol–water partition coefficient (Wildman–Crippen LogP) is 1.05. The van der Waals surface area contributed by atoms with Gasteiger partial charge in [-0.15, -0.1) is 0 Å². The van der Waals surface area contributed by atoms with E-state index >= 15 is 0 Å². The van der Waals surface area contributed by atoms with Crippen molar-refractivity contribution >= 4 is 23.6 Å². The van der Waals surface area contributed by atoms with Gasteiger partial charge in [-0.05, 0) is 6.92 Å². The SMILES string of the molecule is CC(O)CS[B]c1ccccc1. The van der Waals surface area contributed by atoms with E-state index in [9.17, 15) is 0 Å². The summed E-state index contributed by atoms with van der Waals surface area (Å²) in [7, 11) is 0. The molecule has 0 aliphatic rings. The van der Waals surface area contributed by atoms with E-state index in [2.05, 4.69) is 18.7 Å². The minimum absolute atomic E-state index is 0.227. The molecule has 1 atom stereocenters. The summed E-state index contributed by atoms with van der Waals surface area (Å²) >= 11 is 1.64. The molecule has 1 aromatic rings. The fourth-order valence-corrected chi connectivity index (χ4v) is 1.54. The molecule has 0 saturated heterocycles. The monoisotopic (exact) mass is 179 g/mol. The Balaban J connectivity index is 2.25. The van der Waals surface area contributed by atoms with E-state index in [1.165, 1.54) is 5.46 Å².